The Morgan fingerprint density at radius 1 is 0.600 bits per heavy atom. The van der Waals surface area contributed by atoms with Crippen molar-refractivity contribution >= 4 is 19.8 Å². The van der Waals surface area contributed by atoms with Gasteiger partial charge in [0.15, 0.2) is 6.10 Å². The molecule has 0 fully saturated rings. The summed E-state index contributed by atoms with van der Waals surface area (Å²) in [6.07, 6.45) is 36.0. The summed E-state index contributed by atoms with van der Waals surface area (Å²) in [5.41, 5.74) is 0. The average molecular weight is 799 g/mol. The van der Waals surface area contributed by atoms with E-state index in [0.29, 0.717) is 12.8 Å². The molecular formula is C43H75O11P. The van der Waals surface area contributed by atoms with Gasteiger partial charge in [0, 0.05) is 12.8 Å². The van der Waals surface area contributed by atoms with Crippen molar-refractivity contribution < 1.29 is 53.3 Å². The van der Waals surface area contributed by atoms with Gasteiger partial charge >= 0.3 is 19.8 Å². The SMILES string of the molecule is CC/C=C\C[C@@H](O)/C=C/C=C/C=C\C=C/[C@H](O)[C@@H](O)CCCC(=O)OC[C@H](COP(=O)(O)O)OC(=O)CCCCCCCCCCCCCCCCCCC. The standard InChI is InChI=1S/C43H75O11P/c1-3-5-7-8-9-10-11-12-13-14-15-16-17-18-19-24-28-34-43(48)54-39(37-53-55(49,50)51)36-52-42(47)35-29-33-41(46)40(45)32-27-23-21-20-22-26-31-38(44)30-25-6-4-2/h6,20-23,25-27,31-32,38-41,44-46H,3-5,7-19,24,28-30,33-37H2,1-2H3,(H2,49,50,51)/b22-20+,23-21-,25-6-,31-26+,32-27-/t38-,39-,40+,41+/m1/s1. The lowest BCUT2D eigenvalue weighted by Crippen LogP contribution is -2.29. The molecule has 11 nitrogen and oxygen atoms in total. The summed E-state index contributed by atoms with van der Waals surface area (Å²) < 4.78 is 26.2. The van der Waals surface area contributed by atoms with Gasteiger partial charge in [-0.25, -0.2) is 4.57 Å². The number of unbranched alkanes of at least 4 members (excludes halogenated alkanes) is 16. The van der Waals surface area contributed by atoms with Crippen LogP contribution in [0.4, 0.5) is 0 Å². The molecule has 4 atom stereocenters. The largest absolute Gasteiger partial charge is 0.469 e. The summed E-state index contributed by atoms with van der Waals surface area (Å²) in [6.45, 7) is 3.20. The van der Waals surface area contributed by atoms with Crippen LogP contribution in [0.5, 0.6) is 0 Å². The third kappa shape index (κ3) is 38.3. The monoisotopic (exact) mass is 799 g/mol. The Labute approximate surface area is 332 Å². The number of aliphatic hydroxyl groups excluding tert-OH is 3. The molecule has 0 aromatic heterocycles. The van der Waals surface area contributed by atoms with E-state index in [1.807, 2.05) is 19.1 Å². The highest BCUT2D eigenvalue weighted by atomic mass is 31.2. The van der Waals surface area contributed by atoms with Crippen LogP contribution in [0.15, 0.2) is 60.8 Å². The van der Waals surface area contributed by atoms with Crippen LogP contribution in [-0.2, 0) is 28.2 Å². The maximum Gasteiger partial charge on any atom is 0.469 e. The van der Waals surface area contributed by atoms with E-state index in [0.717, 1.165) is 25.7 Å². The van der Waals surface area contributed by atoms with Crippen LogP contribution in [0, 0.1) is 0 Å². The van der Waals surface area contributed by atoms with Crippen LogP contribution in [0.3, 0.4) is 0 Å². The molecule has 0 unspecified atom stereocenters. The van der Waals surface area contributed by atoms with Gasteiger partial charge in [-0.2, -0.15) is 0 Å². The van der Waals surface area contributed by atoms with Crippen molar-refractivity contribution in [3.8, 4) is 0 Å². The number of phosphoric ester groups is 1. The van der Waals surface area contributed by atoms with Crippen LogP contribution < -0.4 is 0 Å². The Balaban J connectivity index is 4.24. The summed E-state index contributed by atoms with van der Waals surface area (Å²) in [4.78, 5) is 42.9. The zero-order chi connectivity index (χ0) is 40.8. The molecule has 0 radical (unpaired) electrons. The van der Waals surface area contributed by atoms with Gasteiger partial charge in [-0.15, -0.1) is 0 Å². The number of phosphoric acid groups is 1. The molecule has 0 saturated heterocycles. The van der Waals surface area contributed by atoms with Gasteiger partial charge in [-0.1, -0.05) is 177 Å². The molecule has 0 amide bonds. The summed E-state index contributed by atoms with van der Waals surface area (Å²) in [5.74, 6) is -1.22. The average Bonchev–Trinajstić information content (AvgIpc) is 3.14. The first kappa shape index (κ1) is 52.6. The lowest BCUT2D eigenvalue weighted by atomic mass is 10.0. The second-order valence-electron chi connectivity index (χ2n) is 14.2. The van der Waals surface area contributed by atoms with Crippen molar-refractivity contribution in [3.05, 3.63) is 60.8 Å². The fourth-order valence-corrected chi connectivity index (χ4v) is 6.02. The predicted octanol–water partition coefficient (Wildman–Crippen LogP) is 9.43. The minimum absolute atomic E-state index is 0.0887. The molecule has 12 heteroatoms. The van der Waals surface area contributed by atoms with E-state index in [1.54, 1.807) is 42.5 Å². The highest BCUT2D eigenvalue weighted by Crippen LogP contribution is 2.36. The minimum Gasteiger partial charge on any atom is -0.462 e. The number of hydrogen-bond acceptors (Lipinski definition) is 9. The maximum atomic E-state index is 12.4. The molecule has 5 N–H and O–H groups in total. The van der Waals surface area contributed by atoms with Gasteiger partial charge in [-0.05, 0) is 32.1 Å². The summed E-state index contributed by atoms with van der Waals surface area (Å²) in [5, 5.41) is 30.2. The van der Waals surface area contributed by atoms with Crippen molar-refractivity contribution in [1.29, 1.82) is 0 Å². The molecule has 0 aliphatic rings. The zero-order valence-electron chi connectivity index (χ0n) is 33.9. The number of esters is 2. The predicted molar refractivity (Wildman–Crippen MR) is 220 cm³/mol. The first-order valence-electron chi connectivity index (χ1n) is 20.9. The molecular weight excluding hydrogens is 723 g/mol. The topological polar surface area (TPSA) is 180 Å². The maximum absolute atomic E-state index is 12.4. The fraction of sp³-hybridized carbons (Fsp3) is 0.721. The molecule has 0 saturated carbocycles. The quantitative estimate of drug-likeness (QED) is 0.0133. The Bertz CT molecular complexity index is 1130. The van der Waals surface area contributed by atoms with Gasteiger partial charge in [0.1, 0.15) is 6.61 Å². The fourth-order valence-electron chi connectivity index (χ4n) is 5.66. The minimum atomic E-state index is -4.84. The number of rotatable bonds is 37. The summed E-state index contributed by atoms with van der Waals surface area (Å²) in [7, 11) is -4.84. The Morgan fingerprint density at radius 3 is 1.62 bits per heavy atom. The normalized spacial score (nSPS) is 14.8. The third-order valence-electron chi connectivity index (χ3n) is 8.89. The number of carbonyl (C=O) groups excluding carboxylic acids is 2. The number of hydrogen-bond donors (Lipinski definition) is 5. The van der Waals surface area contributed by atoms with E-state index in [1.165, 1.54) is 89.5 Å². The van der Waals surface area contributed by atoms with Crippen molar-refractivity contribution in [3.63, 3.8) is 0 Å². The molecule has 0 aliphatic carbocycles. The van der Waals surface area contributed by atoms with Gasteiger partial charge in [0.25, 0.3) is 0 Å². The first-order chi connectivity index (χ1) is 26.5. The number of carbonyl (C=O) groups is 2. The van der Waals surface area contributed by atoms with Crippen molar-refractivity contribution in [2.75, 3.05) is 13.2 Å². The van der Waals surface area contributed by atoms with Crippen LogP contribution in [-0.4, -0.2) is 74.7 Å². The summed E-state index contributed by atoms with van der Waals surface area (Å²) in [6, 6.07) is 0. The van der Waals surface area contributed by atoms with Crippen molar-refractivity contribution in [2.45, 2.75) is 186 Å². The second-order valence-corrected chi connectivity index (χ2v) is 15.4. The van der Waals surface area contributed by atoms with E-state index >= 15 is 0 Å². The van der Waals surface area contributed by atoms with Crippen LogP contribution in [0.1, 0.15) is 162 Å². The smallest absolute Gasteiger partial charge is 0.462 e. The van der Waals surface area contributed by atoms with Gasteiger partial charge in [0.05, 0.1) is 24.9 Å². The van der Waals surface area contributed by atoms with E-state index in [9.17, 15) is 29.5 Å². The molecule has 0 aromatic rings. The summed E-state index contributed by atoms with van der Waals surface area (Å²) >= 11 is 0. The molecule has 55 heavy (non-hydrogen) atoms. The molecule has 0 bridgehead atoms. The van der Waals surface area contributed by atoms with E-state index in [4.69, 9.17) is 19.3 Å². The second kappa shape index (κ2) is 37.2. The molecule has 0 aliphatic heterocycles. The van der Waals surface area contributed by atoms with Crippen LogP contribution >= 0.6 is 7.82 Å². The van der Waals surface area contributed by atoms with E-state index < -0.39 is 57.4 Å². The molecule has 0 aromatic carbocycles. The van der Waals surface area contributed by atoms with E-state index in [2.05, 4.69) is 11.4 Å². The van der Waals surface area contributed by atoms with Crippen molar-refractivity contribution in [1.82, 2.24) is 0 Å². The van der Waals surface area contributed by atoms with Gasteiger partial charge < -0.3 is 34.6 Å². The van der Waals surface area contributed by atoms with Crippen molar-refractivity contribution in [2.24, 2.45) is 0 Å². The Morgan fingerprint density at radius 2 is 1.09 bits per heavy atom. The lowest BCUT2D eigenvalue weighted by molar-refractivity contribution is -0.161. The Kier molecular flexibility index (Phi) is 35.6. The highest BCUT2D eigenvalue weighted by molar-refractivity contribution is 7.46. The lowest BCUT2D eigenvalue weighted by Gasteiger charge is -2.18. The first-order valence-corrected chi connectivity index (χ1v) is 22.4. The van der Waals surface area contributed by atoms with Crippen LogP contribution in [0.25, 0.3) is 0 Å². The van der Waals surface area contributed by atoms with Crippen LogP contribution in [0.2, 0.25) is 0 Å². The molecule has 0 spiro atoms. The zero-order valence-corrected chi connectivity index (χ0v) is 34.8. The number of allylic oxidation sites excluding steroid dienone is 7. The Hall–Kier alpha value is -2.37. The molecule has 0 rings (SSSR count). The number of ether oxygens (including phenoxy) is 2. The highest BCUT2D eigenvalue weighted by Gasteiger charge is 2.23. The van der Waals surface area contributed by atoms with Gasteiger partial charge in [-0.3, -0.25) is 14.1 Å². The van der Waals surface area contributed by atoms with Gasteiger partial charge in [0.2, 0.25) is 0 Å². The molecule has 318 valence electrons. The van der Waals surface area contributed by atoms with E-state index in [-0.39, 0.29) is 25.7 Å². The third-order valence-corrected chi connectivity index (χ3v) is 9.38. The molecule has 0 heterocycles. The number of aliphatic hydroxyl groups is 3.